The van der Waals surface area contributed by atoms with E-state index >= 15 is 0 Å². The number of aromatic amines is 1. The maximum Gasteiger partial charge on any atom is 0.291 e. The van der Waals surface area contributed by atoms with E-state index in [-0.39, 0.29) is 11.3 Å². The molecule has 6 heteroatoms. The first kappa shape index (κ1) is 17.9. The molecule has 28 heavy (non-hydrogen) atoms. The first-order valence-corrected chi connectivity index (χ1v) is 10.5. The average Bonchev–Trinajstić information content (AvgIpc) is 3.16. The van der Waals surface area contributed by atoms with E-state index < -0.39 is 0 Å². The van der Waals surface area contributed by atoms with E-state index in [1.807, 2.05) is 37.3 Å². The second-order valence-corrected chi connectivity index (χ2v) is 9.45. The molecule has 2 aromatic rings. The van der Waals surface area contributed by atoms with E-state index in [1.165, 1.54) is 38.5 Å². The summed E-state index contributed by atoms with van der Waals surface area (Å²) in [6, 6.07) is 9.34. The third kappa shape index (κ3) is 3.16. The van der Waals surface area contributed by atoms with Gasteiger partial charge in [0, 0.05) is 16.1 Å². The highest BCUT2D eigenvalue weighted by molar-refractivity contribution is 6.30. The summed E-state index contributed by atoms with van der Waals surface area (Å²) in [6.07, 6.45) is 7.94. The lowest BCUT2D eigenvalue weighted by Crippen LogP contribution is -2.48. The van der Waals surface area contributed by atoms with Crippen LogP contribution in [-0.2, 0) is 5.41 Å². The molecule has 1 aromatic carbocycles. The molecule has 1 aromatic heterocycles. The minimum absolute atomic E-state index is 0.211. The molecule has 0 saturated heterocycles. The number of nitrogens with one attached hydrogen (secondary N) is 2. The molecule has 0 aliphatic heterocycles. The van der Waals surface area contributed by atoms with Crippen LogP contribution in [0.1, 0.15) is 67.2 Å². The van der Waals surface area contributed by atoms with E-state index in [4.69, 9.17) is 11.6 Å². The summed E-state index contributed by atoms with van der Waals surface area (Å²) in [6.45, 7) is 1.86. The van der Waals surface area contributed by atoms with Crippen LogP contribution in [0, 0.1) is 17.8 Å². The highest BCUT2D eigenvalue weighted by atomic mass is 35.5. The number of benzene rings is 1. The fraction of sp³-hybridized carbons (Fsp3) is 0.500. The number of carbonyl (C=O) groups excluding carboxylic acids is 1. The number of hydrazone groups is 1. The molecule has 0 unspecified atom stereocenters. The molecule has 4 saturated carbocycles. The molecule has 5 nitrogen and oxygen atoms in total. The molecule has 6 rings (SSSR count). The van der Waals surface area contributed by atoms with Crippen molar-refractivity contribution < 1.29 is 4.79 Å². The number of halogens is 1. The number of nitrogens with zero attached hydrogens (tertiary/aromatic N) is 2. The zero-order valence-electron chi connectivity index (χ0n) is 16.0. The van der Waals surface area contributed by atoms with Gasteiger partial charge in [-0.2, -0.15) is 10.2 Å². The van der Waals surface area contributed by atoms with Crippen molar-refractivity contribution in [1.82, 2.24) is 15.6 Å². The lowest BCUT2D eigenvalue weighted by atomic mass is 9.49. The Morgan fingerprint density at radius 1 is 1.14 bits per heavy atom. The minimum atomic E-state index is -0.277. The van der Waals surface area contributed by atoms with Crippen LogP contribution in [0.4, 0.5) is 0 Å². The van der Waals surface area contributed by atoms with Crippen LogP contribution in [0.25, 0.3) is 0 Å². The second-order valence-electron chi connectivity index (χ2n) is 9.01. The molecular formula is C22H25ClN4O. The van der Waals surface area contributed by atoms with Gasteiger partial charge in [0.05, 0.1) is 5.71 Å². The number of rotatable bonds is 4. The largest absolute Gasteiger partial charge is 0.291 e. The molecule has 4 aliphatic rings. The summed E-state index contributed by atoms with van der Waals surface area (Å²) < 4.78 is 0. The molecular weight excluding hydrogens is 372 g/mol. The second kappa shape index (κ2) is 6.73. The Labute approximate surface area is 169 Å². The summed E-state index contributed by atoms with van der Waals surface area (Å²) in [5.41, 5.74) is 6.05. The minimum Gasteiger partial charge on any atom is -0.281 e. The quantitative estimate of drug-likeness (QED) is 0.581. The van der Waals surface area contributed by atoms with Gasteiger partial charge in [-0.25, -0.2) is 5.43 Å². The standard InChI is InChI=1S/C22H25ClN4O/c1-13(17-2-4-18(23)5-3-17)24-27-21(28)19-9-20(26-25-19)22-10-14-6-15(11-22)8-16(7-14)12-22/h2-5,9,14-16H,6-8,10-12H2,1H3,(H,25,26)(H,27,28)/b24-13+. The van der Waals surface area contributed by atoms with Crippen molar-refractivity contribution in [2.75, 3.05) is 0 Å². The fourth-order valence-corrected chi connectivity index (χ4v) is 6.22. The summed E-state index contributed by atoms with van der Waals surface area (Å²) in [4.78, 5) is 12.6. The SMILES string of the molecule is C/C(=N\NC(=O)c1cc(C23CC4CC(CC(C4)C2)C3)[nH]n1)c1ccc(Cl)cc1. The normalized spacial score (nSPS) is 31.2. The Balaban J connectivity index is 1.30. The molecule has 0 atom stereocenters. The smallest absolute Gasteiger partial charge is 0.281 e. The Kier molecular flexibility index (Phi) is 4.31. The van der Waals surface area contributed by atoms with Crippen LogP contribution < -0.4 is 5.43 Å². The van der Waals surface area contributed by atoms with Gasteiger partial charge < -0.3 is 0 Å². The van der Waals surface area contributed by atoms with Gasteiger partial charge >= 0.3 is 0 Å². The Morgan fingerprint density at radius 3 is 2.36 bits per heavy atom. The van der Waals surface area contributed by atoms with Crippen molar-refractivity contribution in [3.05, 3.63) is 52.3 Å². The van der Waals surface area contributed by atoms with Crippen LogP contribution >= 0.6 is 11.6 Å². The summed E-state index contributed by atoms with van der Waals surface area (Å²) in [5.74, 6) is 2.30. The van der Waals surface area contributed by atoms with Gasteiger partial charge in [0.1, 0.15) is 0 Å². The van der Waals surface area contributed by atoms with Gasteiger partial charge in [-0.15, -0.1) is 0 Å². The number of carbonyl (C=O) groups is 1. The molecule has 2 N–H and O–H groups in total. The number of hydrogen-bond donors (Lipinski definition) is 2. The lowest BCUT2D eigenvalue weighted by molar-refractivity contribution is -0.00721. The highest BCUT2D eigenvalue weighted by Crippen LogP contribution is 2.60. The van der Waals surface area contributed by atoms with Crippen LogP contribution in [0.15, 0.2) is 35.4 Å². The van der Waals surface area contributed by atoms with Crippen LogP contribution in [0.5, 0.6) is 0 Å². The number of hydrogen-bond acceptors (Lipinski definition) is 3. The predicted octanol–water partition coefficient (Wildman–Crippen LogP) is 4.68. The van der Waals surface area contributed by atoms with Gasteiger partial charge in [-0.3, -0.25) is 9.89 Å². The van der Waals surface area contributed by atoms with E-state index in [2.05, 4.69) is 20.7 Å². The molecule has 4 aliphatic carbocycles. The van der Waals surface area contributed by atoms with Crippen molar-refractivity contribution in [3.8, 4) is 0 Å². The number of amides is 1. The Bertz CT molecular complexity index is 895. The number of H-pyrrole nitrogens is 1. The van der Waals surface area contributed by atoms with Gasteiger partial charge in [-0.05, 0) is 87.0 Å². The molecule has 1 amide bonds. The molecule has 4 fully saturated rings. The summed E-state index contributed by atoms with van der Waals surface area (Å²) in [7, 11) is 0. The van der Waals surface area contributed by atoms with Crippen molar-refractivity contribution in [3.63, 3.8) is 0 Å². The van der Waals surface area contributed by atoms with E-state index in [9.17, 15) is 4.79 Å². The Morgan fingerprint density at radius 2 is 1.75 bits per heavy atom. The zero-order chi connectivity index (χ0) is 19.3. The maximum absolute atomic E-state index is 12.6. The summed E-state index contributed by atoms with van der Waals surface area (Å²) in [5, 5.41) is 12.4. The third-order valence-electron chi connectivity index (χ3n) is 7.01. The maximum atomic E-state index is 12.6. The molecule has 4 bridgehead atoms. The average molecular weight is 397 g/mol. The van der Waals surface area contributed by atoms with Gasteiger partial charge in [0.2, 0.25) is 0 Å². The zero-order valence-corrected chi connectivity index (χ0v) is 16.8. The fourth-order valence-electron chi connectivity index (χ4n) is 6.10. The predicted molar refractivity (Wildman–Crippen MR) is 110 cm³/mol. The summed E-state index contributed by atoms with van der Waals surface area (Å²) >= 11 is 5.92. The van der Waals surface area contributed by atoms with Gasteiger partial charge in [0.15, 0.2) is 5.69 Å². The van der Waals surface area contributed by atoms with Crippen molar-refractivity contribution in [2.45, 2.75) is 50.9 Å². The topological polar surface area (TPSA) is 70.1 Å². The molecule has 0 spiro atoms. The Hall–Kier alpha value is -2.14. The molecule has 1 heterocycles. The first-order chi connectivity index (χ1) is 13.5. The van der Waals surface area contributed by atoms with Crippen molar-refractivity contribution >= 4 is 23.2 Å². The van der Waals surface area contributed by atoms with Crippen LogP contribution in [0.3, 0.4) is 0 Å². The monoisotopic (exact) mass is 396 g/mol. The van der Waals surface area contributed by atoms with Gasteiger partial charge in [-0.1, -0.05) is 23.7 Å². The van der Waals surface area contributed by atoms with Crippen molar-refractivity contribution in [2.24, 2.45) is 22.9 Å². The lowest BCUT2D eigenvalue weighted by Gasteiger charge is -2.56. The van der Waals surface area contributed by atoms with Gasteiger partial charge in [0.25, 0.3) is 5.91 Å². The third-order valence-corrected chi connectivity index (χ3v) is 7.26. The van der Waals surface area contributed by atoms with E-state index in [0.717, 1.165) is 34.7 Å². The van der Waals surface area contributed by atoms with Crippen LogP contribution in [0.2, 0.25) is 5.02 Å². The first-order valence-electron chi connectivity index (χ1n) is 10.2. The van der Waals surface area contributed by atoms with Crippen molar-refractivity contribution in [1.29, 1.82) is 0 Å². The number of aromatic nitrogens is 2. The molecule has 146 valence electrons. The van der Waals surface area contributed by atoms with Crippen LogP contribution in [-0.4, -0.2) is 21.8 Å². The highest BCUT2D eigenvalue weighted by Gasteiger charge is 2.52. The van der Waals surface area contributed by atoms with E-state index in [0.29, 0.717) is 10.7 Å². The molecule has 0 radical (unpaired) electrons. The van der Waals surface area contributed by atoms with E-state index in [1.54, 1.807) is 0 Å².